The quantitative estimate of drug-likeness (QED) is 0.190. The molecule has 41 heavy (non-hydrogen) atoms. The fraction of sp³-hybridized carbons (Fsp3) is 0.167. The van der Waals surface area contributed by atoms with Gasteiger partial charge in [0.25, 0.3) is 5.88 Å². The maximum atomic E-state index is 10.4. The summed E-state index contributed by atoms with van der Waals surface area (Å²) in [7, 11) is 2.01. The van der Waals surface area contributed by atoms with Crippen LogP contribution in [0.25, 0.3) is 11.2 Å². The van der Waals surface area contributed by atoms with Crippen molar-refractivity contribution in [1.82, 2.24) is 24.4 Å². The minimum absolute atomic E-state index is 0.0538. The van der Waals surface area contributed by atoms with Crippen LogP contribution in [-0.4, -0.2) is 61.3 Å². The van der Waals surface area contributed by atoms with Gasteiger partial charge in [-0.2, -0.15) is 9.97 Å². The van der Waals surface area contributed by atoms with Crippen molar-refractivity contribution < 1.29 is 14.6 Å². The van der Waals surface area contributed by atoms with E-state index in [2.05, 4.69) is 19.9 Å². The lowest BCUT2D eigenvalue weighted by Gasteiger charge is -2.15. The van der Waals surface area contributed by atoms with Crippen LogP contribution >= 0.6 is 0 Å². The van der Waals surface area contributed by atoms with E-state index in [9.17, 15) is 5.11 Å². The molecule has 6 rings (SSSR count). The number of ether oxygens (including phenoxy) is 2. The third-order valence-electron chi connectivity index (χ3n) is 6.75. The molecule has 0 bridgehead atoms. The number of benzene rings is 3. The van der Waals surface area contributed by atoms with Gasteiger partial charge in [-0.25, -0.2) is 4.98 Å². The zero-order valence-corrected chi connectivity index (χ0v) is 22.6. The second-order valence-electron chi connectivity index (χ2n) is 9.67. The molecule has 3 heterocycles. The molecule has 4 N–H and O–H groups in total. The Morgan fingerprint density at radius 2 is 1.83 bits per heavy atom. The van der Waals surface area contributed by atoms with Crippen molar-refractivity contribution in [2.24, 2.45) is 10.7 Å². The number of nitrogens with two attached hydrogens (primary N) is 1. The summed E-state index contributed by atoms with van der Waals surface area (Å²) >= 11 is 0. The van der Waals surface area contributed by atoms with Crippen LogP contribution < -0.4 is 15.2 Å². The van der Waals surface area contributed by atoms with E-state index in [1.165, 1.54) is 18.2 Å². The largest absolute Gasteiger partial charge is 0.504 e. The number of aryl methyl sites for hydroxylation is 1. The normalized spacial score (nSPS) is 12.9. The molecule has 11 nitrogen and oxygen atoms in total. The minimum atomic E-state index is -0.163. The van der Waals surface area contributed by atoms with E-state index >= 15 is 0 Å². The molecule has 206 valence electrons. The van der Waals surface area contributed by atoms with Crippen LogP contribution in [0.5, 0.6) is 29.1 Å². The number of aromatic hydroxyl groups is 1. The standard InChI is InChI=1S/C30H28N8O3/c1-18-34-25-28(38(18)17-19-7-4-3-5-8-19)35-30(41-24-16-20(26(31)32)11-12-23(24)39)36-29(25)40-22-10-6-9-21(15-22)27-33-13-14-37(27)2/h3-12,15-16,39H,13-14,17H2,1-2H3,(H3,31,32). The zero-order valence-electron chi connectivity index (χ0n) is 22.6. The average molecular weight is 549 g/mol. The summed E-state index contributed by atoms with van der Waals surface area (Å²) in [6.07, 6.45) is 0. The fourth-order valence-corrected chi connectivity index (χ4v) is 4.65. The first-order valence-electron chi connectivity index (χ1n) is 13.0. The number of nitrogen functional groups attached to an aromatic ring is 1. The third kappa shape index (κ3) is 5.24. The van der Waals surface area contributed by atoms with Crippen molar-refractivity contribution in [1.29, 1.82) is 5.41 Å². The summed E-state index contributed by atoms with van der Waals surface area (Å²) < 4.78 is 14.2. The summed E-state index contributed by atoms with van der Waals surface area (Å²) in [4.78, 5) is 20.7. The van der Waals surface area contributed by atoms with E-state index in [1.54, 1.807) is 0 Å². The Kier molecular flexibility index (Phi) is 6.68. The molecule has 11 heteroatoms. The maximum Gasteiger partial charge on any atom is 0.327 e. The Morgan fingerprint density at radius 1 is 1.00 bits per heavy atom. The van der Waals surface area contributed by atoms with Crippen molar-refractivity contribution in [2.75, 3.05) is 20.1 Å². The molecule has 0 spiro atoms. The number of hydrogen-bond acceptors (Lipinski definition) is 9. The van der Waals surface area contributed by atoms with Gasteiger partial charge in [0.1, 0.15) is 23.2 Å². The third-order valence-corrected chi connectivity index (χ3v) is 6.75. The van der Waals surface area contributed by atoms with Crippen LogP contribution in [0.4, 0.5) is 0 Å². The molecule has 1 aliphatic heterocycles. The Bertz CT molecular complexity index is 1800. The van der Waals surface area contributed by atoms with E-state index in [-0.39, 0.29) is 29.2 Å². The number of phenolic OH excluding ortho intramolecular Hbond substituents is 1. The molecule has 2 aromatic heterocycles. The van der Waals surface area contributed by atoms with Gasteiger partial charge in [-0.15, -0.1) is 0 Å². The van der Waals surface area contributed by atoms with Crippen LogP contribution in [0, 0.1) is 12.3 Å². The van der Waals surface area contributed by atoms with Gasteiger partial charge in [0.05, 0.1) is 13.1 Å². The SMILES string of the molecule is Cc1nc2c(Oc3cccc(C4=NCCN4C)c3)nc(Oc3cc(C(=N)N)ccc3O)nc2n1Cc1ccccc1. The van der Waals surface area contributed by atoms with Crippen molar-refractivity contribution in [2.45, 2.75) is 13.5 Å². The number of nitrogens with zero attached hydrogens (tertiary/aromatic N) is 6. The molecule has 0 saturated carbocycles. The summed E-state index contributed by atoms with van der Waals surface area (Å²) in [6.45, 7) is 4.03. The van der Waals surface area contributed by atoms with Gasteiger partial charge >= 0.3 is 6.01 Å². The monoisotopic (exact) mass is 548 g/mol. The van der Waals surface area contributed by atoms with Gasteiger partial charge in [-0.1, -0.05) is 42.5 Å². The highest BCUT2D eigenvalue weighted by molar-refractivity contribution is 6.00. The Morgan fingerprint density at radius 3 is 2.59 bits per heavy atom. The highest BCUT2D eigenvalue weighted by Crippen LogP contribution is 2.34. The summed E-state index contributed by atoms with van der Waals surface area (Å²) in [5.74, 6) is 2.11. The Balaban J connectivity index is 1.44. The van der Waals surface area contributed by atoms with Crippen LogP contribution in [0.1, 0.15) is 22.5 Å². The first kappa shape index (κ1) is 25.8. The molecule has 1 aliphatic rings. The van der Waals surface area contributed by atoms with Crippen molar-refractivity contribution in [3.63, 3.8) is 0 Å². The predicted molar refractivity (Wildman–Crippen MR) is 155 cm³/mol. The van der Waals surface area contributed by atoms with Gasteiger partial charge in [-0.3, -0.25) is 10.4 Å². The second kappa shape index (κ2) is 10.6. The van der Waals surface area contributed by atoms with Gasteiger partial charge < -0.3 is 29.8 Å². The molecular weight excluding hydrogens is 520 g/mol. The second-order valence-corrected chi connectivity index (χ2v) is 9.67. The number of imidazole rings is 1. The van der Waals surface area contributed by atoms with Crippen LogP contribution in [0.2, 0.25) is 0 Å². The number of phenols is 1. The number of rotatable bonds is 8. The lowest BCUT2D eigenvalue weighted by molar-refractivity contribution is 0.383. The van der Waals surface area contributed by atoms with E-state index in [0.29, 0.717) is 29.0 Å². The van der Waals surface area contributed by atoms with Crippen molar-refractivity contribution in [3.05, 3.63) is 95.3 Å². The van der Waals surface area contributed by atoms with E-state index in [4.69, 9.17) is 25.6 Å². The molecule has 5 aromatic rings. The lowest BCUT2D eigenvalue weighted by Crippen LogP contribution is -2.23. The average Bonchev–Trinajstić information content (AvgIpc) is 3.53. The number of aromatic nitrogens is 4. The number of fused-ring (bicyclic) bond motifs is 1. The van der Waals surface area contributed by atoms with Crippen LogP contribution in [-0.2, 0) is 6.54 Å². The number of nitrogens with one attached hydrogen (secondary N) is 1. The number of amidine groups is 2. The van der Waals surface area contributed by atoms with Gasteiger partial charge in [0.15, 0.2) is 22.7 Å². The Labute approximate surface area is 236 Å². The summed E-state index contributed by atoms with van der Waals surface area (Å²) in [5.41, 5.74) is 9.00. The molecular formula is C30H28N8O3. The highest BCUT2D eigenvalue weighted by Gasteiger charge is 2.21. The topological polar surface area (TPSA) is 148 Å². The van der Waals surface area contributed by atoms with E-state index in [1.807, 2.05) is 73.1 Å². The molecule has 0 unspecified atom stereocenters. The molecule has 0 atom stereocenters. The zero-order chi connectivity index (χ0) is 28.5. The summed E-state index contributed by atoms with van der Waals surface area (Å²) in [6, 6.07) is 21.9. The number of likely N-dealkylation sites (N-methyl/N-ethyl adjacent to an activating group) is 1. The molecule has 0 saturated heterocycles. The molecule has 0 radical (unpaired) electrons. The smallest absolute Gasteiger partial charge is 0.327 e. The maximum absolute atomic E-state index is 10.4. The molecule has 0 fully saturated rings. The first-order chi connectivity index (χ1) is 19.9. The van der Waals surface area contributed by atoms with Crippen molar-refractivity contribution in [3.8, 4) is 29.1 Å². The van der Waals surface area contributed by atoms with Crippen molar-refractivity contribution >= 4 is 22.8 Å². The van der Waals surface area contributed by atoms with Gasteiger partial charge in [0.2, 0.25) is 0 Å². The fourth-order valence-electron chi connectivity index (χ4n) is 4.65. The van der Waals surface area contributed by atoms with E-state index in [0.717, 1.165) is 35.9 Å². The lowest BCUT2D eigenvalue weighted by atomic mass is 10.2. The number of aliphatic imine (C=N–C) groups is 1. The Hall–Kier alpha value is -5.45. The molecule has 0 aliphatic carbocycles. The highest BCUT2D eigenvalue weighted by atomic mass is 16.5. The van der Waals surface area contributed by atoms with E-state index < -0.39 is 0 Å². The first-order valence-corrected chi connectivity index (χ1v) is 13.0. The van der Waals surface area contributed by atoms with Gasteiger partial charge in [-0.05, 0) is 42.8 Å². The minimum Gasteiger partial charge on any atom is -0.504 e. The number of hydrogen-bond donors (Lipinski definition) is 3. The van der Waals surface area contributed by atoms with Crippen LogP contribution in [0.15, 0.2) is 77.8 Å². The predicted octanol–water partition coefficient (Wildman–Crippen LogP) is 4.45. The van der Waals surface area contributed by atoms with Crippen LogP contribution in [0.3, 0.4) is 0 Å². The van der Waals surface area contributed by atoms with Gasteiger partial charge in [0, 0.05) is 24.7 Å². The molecule has 0 amide bonds. The molecule has 3 aromatic carbocycles. The summed E-state index contributed by atoms with van der Waals surface area (Å²) in [5, 5.41) is 18.2.